The van der Waals surface area contributed by atoms with Crippen molar-refractivity contribution in [2.75, 3.05) is 5.32 Å². The average molecular weight is 508 g/mol. The molecule has 2 N–H and O–H groups in total. The zero-order chi connectivity index (χ0) is 27.7. The summed E-state index contributed by atoms with van der Waals surface area (Å²) >= 11 is 0. The SMILES string of the molecule is Cc1ccc(C)c(C(C(=O)Nc2c(C)cccc2C)N(C(=O)C(C)NC(=O)OC(C)(C)C)C2CC2C)c1. The van der Waals surface area contributed by atoms with Gasteiger partial charge in [0.25, 0.3) is 5.91 Å². The lowest BCUT2D eigenvalue weighted by Gasteiger charge is -2.35. The second-order valence-corrected chi connectivity index (χ2v) is 11.4. The minimum absolute atomic E-state index is 0.107. The molecule has 0 heterocycles. The number of carbonyl (C=O) groups is 3. The fourth-order valence-corrected chi connectivity index (χ4v) is 4.62. The van der Waals surface area contributed by atoms with E-state index in [4.69, 9.17) is 4.74 Å². The van der Waals surface area contributed by atoms with E-state index < -0.39 is 23.8 Å². The van der Waals surface area contributed by atoms with Gasteiger partial charge in [0, 0.05) is 11.7 Å². The Balaban J connectivity index is 2.03. The highest BCUT2D eigenvalue weighted by atomic mass is 16.6. The third-order valence-corrected chi connectivity index (χ3v) is 6.77. The maximum absolute atomic E-state index is 14.1. The van der Waals surface area contributed by atoms with Gasteiger partial charge >= 0.3 is 6.09 Å². The van der Waals surface area contributed by atoms with Crippen molar-refractivity contribution >= 4 is 23.6 Å². The van der Waals surface area contributed by atoms with Gasteiger partial charge in [0.2, 0.25) is 5.91 Å². The van der Waals surface area contributed by atoms with Crippen LogP contribution in [0.25, 0.3) is 0 Å². The Hall–Kier alpha value is -3.35. The van der Waals surface area contributed by atoms with Crippen LogP contribution in [0.2, 0.25) is 0 Å². The largest absolute Gasteiger partial charge is 0.444 e. The van der Waals surface area contributed by atoms with E-state index >= 15 is 0 Å². The predicted molar refractivity (Wildman–Crippen MR) is 146 cm³/mol. The van der Waals surface area contributed by atoms with E-state index in [-0.39, 0.29) is 23.8 Å². The van der Waals surface area contributed by atoms with Gasteiger partial charge in [0.1, 0.15) is 17.7 Å². The molecule has 1 aliphatic rings. The maximum Gasteiger partial charge on any atom is 0.408 e. The minimum Gasteiger partial charge on any atom is -0.444 e. The Kier molecular flexibility index (Phi) is 8.35. The molecule has 3 amide bonds. The third kappa shape index (κ3) is 6.90. The number of ether oxygens (including phenoxy) is 1. The Morgan fingerprint density at radius 3 is 2.14 bits per heavy atom. The zero-order valence-corrected chi connectivity index (χ0v) is 23.6. The van der Waals surface area contributed by atoms with Crippen molar-refractivity contribution in [3.05, 3.63) is 64.2 Å². The van der Waals surface area contributed by atoms with Crippen LogP contribution in [0.15, 0.2) is 36.4 Å². The third-order valence-electron chi connectivity index (χ3n) is 6.77. The zero-order valence-electron chi connectivity index (χ0n) is 23.6. The minimum atomic E-state index is -0.872. The van der Waals surface area contributed by atoms with Crippen LogP contribution in [-0.2, 0) is 14.3 Å². The number of carbonyl (C=O) groups excluding carboxylic acids is 3. The van der Waals surface area contributed by atoms with Crippen LogP contribution >= 0.6 is 0 Å². The molecule has 7 nitrogen and oxygen atoms in total. The second kappa shape index (κ2) is 11.0. The van der Waals surface area contributed by atoms with E-state index in [1.54, 1.807) is 32.6 Å². The summed E-state index contributed by atoms with van der Waals surface area (Å²) in [7, 11) is 0. The quantitative estimate of drug-likeness (QED) is 0.499. The van der Waals surface area contributed by atoms with Crippen LogP contribution in [0.1, 0.15) is 74.9 Å². The summed E-state index contributed by atoms with van der Waals surface area (Å²) in [4.78, 5) is 42.2. The first kappa shape index (κ1) is 28.2. The van der Waals surface area contributed by atoms with E-state index in [1.807, 2.05) is 64.1 Å². The molecular weight excluding hydrogens is 466 g/mol. The molecule has 1 aliphatic carbocycles. The fourth-order valence-electron chi connectivity index (χ4n) is 4.62. The molecule has 1 fully saturated rings. The number of nitrogens with zero attached hydrogens (tertiary/aromatic N) is 1. The molecule has 0 radical (unpaired) electrons. The van der Waals surface area contributed by atoms with Crippen LogP contribution < -0.4 is 10.6 Å². The number of hydrogen-bond donors (Lipinski definition) is 2. The molecule has 0 saturated heterocycles. The molecule has 0 aliphatic heterocycles. The molecule has 7 heteroatoms. The van der Waals surface area contributed by atoms with Gasteiger partial charge in [0.05, 0.1) is 0 Å². The van der Waals surface area contributed by atoms with Crippen molar-refractivity contribution in [1.29, 1.82) is 0 Å². The number of aryl methyl sites for hydroxylation is 4. The lowest BCUT2D eigenvalue weighted by Crippen LogP contribution is -2.52. The van der Waals surface area contributed by atoms with Gasteiger partial charge < -0.3 is 20.3 Å². The number of nitrogens with one attached hydrogen (secondary N) is 2. The number of para-hydroxylation sites is 1. The lowest BCUT2D eigenvalue weighted by atomic mass is 9.95. The van der Waals surface area contributed by atoms with Crippen molar-refractivity contribution in [2.45, 2.75) is 92.5 Å². The van der Waals surface area contributed by atoms with Gasteiger partial charge in [-0.15, -0.1) is 0 Å². The summed E-state index contributed by atoms with van der Waals surface area (Å²) in [6, 6.07) is 9.97. The number of anilines is 1. The van der Waals surface area contributed by atoms with E-state index in [9.17, 15) is 14.4 Å². The molecule has 0 spiro atoms. The molecule has 2 aromatic rings. The van der Waals surface area contributed by atoms with Gasteiger partial charge in [-0.25, -0.2) is 4.79 Å². The predicted octanol–water partition coefficient (Wildman–Crippen LogP) is 5.75. The number of amides is 3. The molecule has 3 rings (SSSR count). The maximum atomic E-state index is 14.1. The molecule has 4 atom stereocenters. The summed E-state index contributed by atoms with van der Waals surface area (Å²) in [6.45, 7) is 16.8. The number of rotatable bonds is 7. The topological polar surface area (TPSA) is 87.7 Å². The molecule has 200 valence electrons. The molecule has 0 bridgehead atoms. The van der Waals surface area contributed by atoms with E-state index in [0.717, 1.165) is 39.9 Å². The Morgan fingerprint density at radius 1 is 1.00 bits per heavy atom. The molecule has 0 aromatic heterocycles. The van der Waals surface area contributed by atoms with Gasteiger partial charge in [-0.3, -0.25) is 9.59 Å². The monoisotopic (exact) mass is 507 g/mol. The van der Waals surface area contributed by atoms with E-state index in [2.05, 4.69) is 17.6 Å². The highest BCUT2D eigenvalue weighted by molar-refractivity contribution is 6.00. The van der Waals surface area contributed by atoms with Crippen molar-refractivity contribution in [3.63, 3.8) is 0 Å². The lowest BCUT2D eigenvalue weighted by molar-refractivity contribution is -0.141. The van der Waals surface area contributed by atoms with Crippen molar-refractivity contribution in [2.24, 2.45) is 5.92 Å². The highest BCUT2D eigenvalue weighted by Gasteiger charge is 2.48. The molecule has 1 saturated carbocycles. The summed E-state index contributed by atoms with van der Waals surface area (Å²) < 4.78 is 5.37. The number of benzene rings is 2. The van der Waals surface area contributed by atoms with E-state index in [0.29, 0.717) is 0 Å². The highest BCUT2D eigenvalue weighted by Crippen LogP contribution is 2.42. The number of alkyl carbamates (subject to hydrolysis) is 1. The van der Waals surface area contributed by atoms with Gasteiger partial charge in [-0.2, -0.15) is 0 Å². The standard InChI is InChI=1S/C30H41N3O4/c1-17-13-14-18(2)23(15-17)26(27(34)32-25-19(3)11-10-12-20(25)4)33(24-16-21(24)5)28(35)22(6)31-29(36)37-30(7,8)9/h10-15,21-22,24,26H,16H2,1-9H3,(H,31,36)(H,32,34). The molecule has 37 heavy (non-hydrogen) atoms. The first-order valence-electron chi connectivity index (χ1n) is 13.0. The van der Waals surface area contributed by atoms with Crippen LogP contribution in [0.5, 0.6) is 0 Å². The first-order valence-corrected chi connectivity index (χ1v) is 13.0. The van der Waals surface area contributed by atoms with Crippen LogP contribution in [-0.4, -0.2) is 40.5 Å². The summed E-state index contributed by atoms with van der Waals surface area (Å²) in [6.07, 6.45) is 0.128. The summed E-state index contributed by atoms with van der Waals surface area (Å²) in [5, 5.41) is 5.79. The number of hydrogen-bond acceptors (Lipinski definition) is 4. The molecular formula is C30H41N3O4. The van der Waals surface area contributed by atoms with Crippen molar-refractivity contribution < 1.29 is 19.1 Å². The van der Waals surface area contributed by atoms with Crippen LogP contribution in [0.4, 0.5) is 10.5 Å². The fraction of sp³-hybridized carbons (Fsp3) is 0.500. The smallest absolute Gasteiger partial charge is 0.408 e. The average Bonchev–Trinajstić information content (AvgIpc) is 3.50. The van der Waals surface area contributed by atoms with E-state index in [1.165, 1.54) is 0 Å². The van der Waals surface area contributed by atoms with Gasteiger partial charge in [-0.1, -0.05) is 48.9 Å². The Labute approximate surface area is 221 Å². The second-order valence-electron chi connectivity index (χ2n) is 11.4. The molecule has 2 aromatic carbocycles. The van der Waals surface area contributed by atoms with Crippen molar-refractivity contribution in [1.82, 2.24) is 10.2 Å². The Bertz CT molecular complexity index is 1160. The van der Waals surface area contributed by atoms with Gasteiger partial charge in [0.15, 0.2) is 0 Å². The summed E-state index contributed by atoms with van der Waals surface area (Å²) in [5.41, 5.74) is 4.66. The normalized spacial score (nSPS) is 18.4. The Morgan fingerprint density at radius 2 is 1.59 bits per heavy atom. The van der Waals surface area contributed by atoms with Crippen LogP contribution in [0.3, 0.4) is 0 Å². The summed E-state index contributed by atoms with van der Waals surface area (Å²) in [5.74, 6) is -0.343. The molecule has 4 unspecified atom stereocenters. The van der Waals surface area contributed by atoms with Crippen molar-refractivity contribution in [3.8, 4) is 0 Å². The van der Waals surface area contributed by atoms with Gasteiger partial charge in [-0.05, 0) is 90.0 Å². The van der Waals surface area contributed by atoms with Crippen LogP contribution in [0, 0.1) is 33.6 Å². The first-order chi connectivity index (χ1) is 17.2.